The van der Waals surface area contributed by atoms with Gasteiger partial charge in [0.1, 0.15) is 6.04 Å². The van der Waals surface area contributed by atoms with Gasteiger partial charge in [0.2, 0.25) is 5.91 Å². The van der Waals surface area contributed by atoms with Crippen molar-refractivity contribution in [2.45, 2.75) is 83.1 Å². The van der Waals surface area contributed by atoms with E-state index in [0.29, 0.717) is 25.8 Å². The van der Waals surface area contributed by atoms with Crippen molar-refractivity contribution in [1.29, 1.82) is 0 Å². The molecule has 1 atom stereocenters. The molecular formula is C17H33N2NaO5. The van der Waals surface area contributed by atoms with Gasteiger partial charge in [-0.15, -0.1) is 0 Å². The number of hydrogen-bond acceptors (Lipinski definition) is 4. The minimum absolute atomic E-state index is 0. The van der Waals surface area contributed by atoms with E-state index in [9.17, 15) is 14.4 Å². The Balaban J connectivity index is 0. The van der Waals surface area contributed by atoms with Crippen molar-refractivity contribution in [3.63, 3.8) is 0 Å². The number of carboxylic acid groups (broad SMARTS) is 2. The maximum absolute atomic E-state index is 11.8. The molecule has 0 unspecified atom stereocenters. The first-order chi connectivity index (χ1) is 11.5. The van der Waals surface area contributed by atoms with E-state index in [-0.39, 0.29) is 41.9 Å². The van der Waals surface area contributed by atoms with Crippen molar-refractivity contribution in [2.24, 2.45) is 5.73 Å². The quantitative estimate of drug-likeness (QED) is 0.242. The summed E-state index contributed by atoms with van der Waals surface area (Å²) in [6, 6.07) is -0.821. The Morgan fingerprint density at radius 3 is 1.80 bits per heavy atom. The molecule has 0 aliphatic carbocycles. The van der Waals surface area contributed by atoms with Crippen molar-refractivity contribution in [1.82, 2.24) is 5.32 Å². The van der Waals surface area contributed by atoms with Crippen molar-refractivity contribution in [2.75, 3.05) is 6.54 Å². The van der Waals surface area contributed by atoms with Crippen LogP contribution < -0.4 is 11.1 Å². The predicted molar refractivity (Wildman–Crippen MR) is 98.8 cm³/mol. The Morgan fingerprint density at radius 2 is 1.32 bits per heavy atom. The number of unbranched alkanes of at least 4 members (excludes halogenated alkanes) is 7. The van der Waals surface area contributed by atoms with Crippen LogP contribution in [0.1, 0.15) is 77.0 Å². The van der Waals surface area contributed by atoms with Crippen LogP contribution in [-0.2, 0) is 14.4 Å². The number of rotatable bonds is 16. The van der Waals surface area contributed by atoms with Crippen LogP contribution in [0.25, 0.3) is 0 Å². The van der Waals surface area contributed by atoms with Crippen LogP contribution in [0.3, 0.4) is 0 Å². The molecule has 0 aliphatic heterocycles. The van der Waals surface area contributed by atoms with Gasteiger partial charge in [0.05, 0.1) is 0 Å². The molecule has 0 radical (unpaired) electrons. The van der Waals surface area contributed by atoms with E-state index < -0.39 is 18.0 Å². The molecule has 0 fully saturated rings. The number of nitrogens with one attached hydrogen (secondary N) is 1. The molecule has 1 amide bonds. The van der Waals surface area contributed by atoms with E-state index >= 15 is 0 Å². The van der Waals surface area contributed by atoms with Crippen molar-refractivity contribution < 1.29 is 24.6 Å². The van der Waals surface area contributed by atoms with E-state index in [0.717, 1.165) is 51.4 Å². The average Bonchev–Trinajstić information content (AvgIpc) is 2.52. The van der Waals surface area contributed by atoms with Gasteiger partial charge in [0.15, 0.2) is 0 Å². The van der Waals surface area contributed by atoms with Gasteiger partial charge < -0.3 is 21.3 Å². The average molecular weight is 368 g/mol. The number of nitrogens with two attached hydrogens (primary N) is 1. The molecular weight excluding hydrogens is 335 g/mol. The molecule has 142 valence electrons. The van der Waals surface area contributed by atoms with Crippen LogP contribution in [0.5, 0.6) is 0 Å². The molecule has 8 heteroatoms. The van der Waals surface area contributed by atoms with E-state index in [1.165, 1.54) is 0 Å². The Kier molecular flexibility index (Phi) is 19.3. The fourth-order valence-corrected chi connectivity index (χ4v) is 2.46. The van der Waals surface area contributed by atoms with E-state index in [2.05, 4.69) is 5.32 Å². The summed E-state index contributed by atoms with van der Waals surface area (Å²) in [5, 5.41) is 20.2. The summed E-state index contributed by atoms with van der Waals surface area (Å²) in [7, 11) is 0. The number of amides is 1. The van der Waals surface area contributed by atoms with Crippen LogP contribution in [0.4, 0.5) is 0 Å². The zero-order valence-electron chi connectivity index (χ0n) is 14.5. The predicted octanol–water partition coefficient (Wildman–Crippen LogP) is 1.63. The van der Waals surface area contributed by atoms with Crippen LogP contribution in [0, 0.1) is 0 Å². The monoisotopic (exact) mass is 368 g/mol. The van der Waals surface area contributed by atoms with Gasteiger partial charge in [-0.1, -0.05) is 32.1 Å². The molecule has 0 saturated carbocycles. The van der Waals surface area contributed by atoms with Crippen molar-refractivity contribution in [3.05, 3.63) is 0 Å². The SMILES string of the molecule is NCCCC[C@H](NC(=O)CCCCCCCCCC(=O)O)C(=O)O.[NaH]. The third-order valence-electron chi connectivity index (χ3n) is 3.87. The second-order valence-corrected chi connectivity index (χ2v) is 6.11. The van der Waals surface area contributed by atoms with Crippen LogP contribution in [0.2, 0.25) is 0 Å². The molecule has 25 heavy (non-hydrogen) atoms. The minimum atomic E-state index is -0.998. The molecule has 0 aromatic heterocycles. The third-order valence-corrected chi connectivity index (χ3v) is 3.87. The zero-order chi connectivity index (χ0) is 18.2. The molecule has 0 bridgehead atoms. The van der Waals surface area contributed by atoms with Crippen molar-refractivity contribution in [3.8, 4) is 0 Å². The zero-order valence-corrected chi connectivity index (χ0v) is 14.5. The number of carbonyl (C=O) groups is 3. The van der Waals surface area contributed by atoms with Gasteiger partial charge in [0.25, 0.3) is 0 Å². The van der Waals surface area contributed by atoms with Crippen LogP contribution in [0.15, 0.2) is 0 Å². The van der Waals surface area contributed by atoms with Gasteiger partial charge in [-0.2, -0.15) is 0 Å². The first-order valence-electron chi connectivity index (χ1n) is 8.91. The second-order valence-electron chi connectivity index (χ2n) is 6.11. The summed E-state index contributed by atoms with van der Waals surface area (Å²) in [4.78, 5) is 33.2. The molecule has 0 heterocycles. The number of aliphatic carboxylic acids is 2. The van der Waals surface area contributed by atoms with Crippen LogP contribution in [-0.4, -0.2) is 70.2 Å². The molecule has 7 nitrogen and oxygen atoms in total. The fourth-order valence-electron chi connectivity index (χ4n) is 2.46. The van der Waals surface area contributed by atoms with Gasteiger partial charge in [-0.3, -0.25) is 9.59 Å². The molecule has 0 spiro atoms. The molecule has 0 aliphatic rings. The maximum atomic E-state index is 11.8. The van der Waals surface area contributed by atoms with Crippen molar-refractivity contribution >= 4 is 47.4 Å². The van der Waals surface area contributed by atoms with E-state index in [4.69, 9.17) is 15.9 Å². The number of carbonyl (C=O) groups excluding carboxylic acids is 1. The summed E-state index contributed by atoms with van der Waals surface area (Å²) < 4.78 is 0. The summed E-state index contributed by atoms with van der Waals surface area (Å²) in [5.74, 6) is -1.96. The van der Waals surface area contributed by atoms with Gasteiger partial charge in [-0.05, 0) is 38.6 Å². The molecule has 5 N–H and O–H groups in total. The third kappa shape index (κ3) is 18.0. The Morgan fingerprint density at radius 1 is 0.800 bits per heavy atom. The number of hydrogen-bond donors (Lipinski definition) is 4. The van der Waals surface area contributed by atoms with Crippen LogP contribution >= 0.6 is 0 Å². The van der Waals surface area contributed by atoms with Gasteiger partial charge >= 0.3 is 41.5 Å². The summed E-state index contributed by atoms with van der Waals surface area (Å²) in [5.41, 5.74) is 5.38. The summed E-state index contributed by atoms with van der Waals surface area (Å²) >= 11 is 0. The number of carboxylic acids is 2. The van der Waals surface area contributed by atoms with E-state index in [1.54, 1.807) is 0 Å². The van der Waals surface area contributed by atoms with Gasteiger partial charge in [-0.25, -0.2) is 4.79 Å². The Labute approximate surface area is 172 Å². The molecule has 0 rings (SSSR count). The summed E-state index contributed by atoms with van der Waals surface area (Å²) in [6.45, 7) is 0.524. The second kappa shape index (κ2) is 18.2. The topological polar surface area (TPSA) is 130 Å². The fraction of sp³-hybridized carbons (Fsp3) is 0.824. The molecule has 0 aromatic carbocycles. The Bertz CT molecular complexity index is 380. The first-order valence-corrected chi connectivity index (χ1v) is 8.91. The normalized spacial score (nSPS) is 11.4. The first kappa shape index (κ1) is 26.6. The standard InChI is InChI=1S/C17H32N2O5.Na.H/c18-13-9-8-10-14(17(23)24)19-15(20)11-6-4-2-1-3-5-7-12-16(21)22;;/h14H,1-13,18H2,(H,19,20)(H,21,22)(H,23,24);;/t14-;;/m0../s1. The molecule has 0 aromatic rings. The molecule has 0 saturated heterocycles. The summed E-state index contributed by atoms with van der Waals surface area (Å²) in [6.07, 6.45) is 8.83. The van der Waals surface area contributed by atoms with E-state index in [1.807, 2.05) is 0 Å². The van der Waals surface area contributed by atoms with Gasteiger partial charge in [0, 0.05) is 12.8 Å². The Hall–Kier alpha value is -0.630.